The molecule has 0 spiro atoms. The summed E-state index contributed by atoms with van der Waals surface area (Å²) in [5.41, 5.74) is 1.62. The summed E-state index contributed by atoms with van der Waals surface area (Å²) in [6, 6.07) is 6.28. The minimum atomic E-state index is -0.266. The molecule has 0 radical (unpaired) electrons. The van der Waals surface area contributed by atoms with Gasteiger partial charge in [0.15, 0.2) is 0 Å². The maximum atomic E-state index is 13.1. The molecule has 154 valence electrons. The van der Waals surface area contributed by atoms with Gasteiger partial charge in [-0.25, -0.2) is 13.9 Å². The van der Waals surface area contributed by atoms with Crippen molar-refractivity contribution in [3.8, 4) is 11.3 Å². The Kier molecular flexibility index (Phi) is 6.05. The van der Waals surface area contributed by atoms with Crippen LogP contribution in [0.5, 0.6) is 0 Å². The normalized spacial score (nSPS) is 17.0. The van der Waals surface area contributed by atoms with Crippen LogP contribution in [-0.2, 0) is 9.53 Å². The van der Waals surface area contributed by atoms with Gasteiger partial charge in [0, 0.05) is 38.9 Å². The van der Waals surface area contributed by atoms with Crippen LogP contribution in [0, 0.1) is 11.7 Å². The number of imidazole rings is 1. The molecule has 1 aliphatic rings. The molecule has 1 aromatic carbocycles. The largest absolute Gasteiger partial charge is 0.385 e. The molecule has 1 amide bonds. The van der Waals surface area contributed by atoms with Gasteiger partial charge < -0.3 is 15.0 Å². The van der Waals surface area contributed by atoms with E-state index in [1.807, 2.05) is 6.20 Å². The maximum absolute atomic E-state index is 13.1. The highest BCUT2D eigenvalue weighted by Gasteiger charge is 2.27. The second-order valence-corrected chi connectivity index (χ2v) is 8.10. The van der Waals surface area contributed by atoms with Crippen molar-refractivity contribution >= 4 is 27.3 Å². The van der Waals surface area contributed by atoms with Crippen LogP contribution in [0.2, 0.25) is 0 Å². The Hall–Kier alpha value is -2.52. The monoisotopic (exact) mass is 417 g/mol. The van der Waals surface area contributed by atoms with Gasteiger partial charge >= 0.3 is 0 Å². The van der Waals surface area contributed by atoms with Gasteiger partial charge in [-0.1, -0.05) is 11.3 Å². The Labute approximate surface area is 172 Å². The number of benzene rings is 1. The zero-order chi connectivity index (χ0) is 20.2. The Balaban J connectivity index is 1.42. The maximum Gasteiger partial charge on any atom is 0.224 e. The molecule has 9 heteroatoms. The summed E-state index contributed by atoms with van der Waals surface area (Å²) < 4.78 is 19.9. The Morgan fingerprint density at radius 1 is 1.38 bits per heavy atom. The summed E-state index contributed by atoms with van der Waals surface area (Å²) in [5.74, 6) is -0.194. The van der Waals surface area contributed by atoms with E-state index in [1.54, 1.807) is 23.8 Å². The number of carbonyl (C=O) groups excluding carboxylic acids is 1. The number of hydrogen-bond donors (Lipinski definition) is 1. The third-order valence-electron chi connectivity index (χ3n) is 5.06. The molecule has 1 N–H and O–H groups in total. The molecule has 3 heterocycles. The average Bonchev–Trinajstić information content (AvgIpc) is 3.31. The van der Waals surface area contributed by atoms with Crippen molar-refractivity contribution < 1.29 is 13.9 Å². The molecule has 29 heavy (non-hydrogen) atoms. The Morgan fingerprint density at radius 2 is 2.21 bits per heavy atom. The van der Waals surface area contributed by atoms with E-state index in [-0.39, 0.29) is 17.6 Å². The lowest BCUT2D eigenvalue weighted by molar-refractivity contribution is -0.125. The van der Waals surface area contributed by atoms with E-state index in [0.29, 0.717) is 19.7 Å². The van der Waals surface area contributed by atoms with Crippen molar-refractivity contribution in [3.63, 3.8) is 0 Å². The molecule has 1 fully saturated rings. The number of methoxy groups -OCH3 is 1. The Morgan fingerprint density at radius 3 is 2.97 bits per heavy atom. The van der Waals surface area contributed by atoms with Crippen molar-refractivity contribution in [2.75, 3.05) is 38.3 Å². The third-order valence-corrected chi connectivity index (χ3v) is 6.04. The predicted molar refractivity (Wildman–Crippen MR) is 111 cm³/mol. The van der Waals surface area contributed by atoms with Crippen LogP contribution in [0.4, 0.5) is 9.52 Å². The van der Waals surface area contributed by atoms with Crippen molar-refractivity contribution in [2.24, 2.45) is 5.92 Å². The van der Waals surface area contributed by atoms with Gasteiger partial charge in [0.25, 0.3) is 0 Å². The Bertz CT molecular complexity index is 940. The second-order valence-electron chi connectivity index (χ2n) is 7.17. The van der Waals surface area contributed by atoms with Gasteiger partial charge in [-0.05, 0) is 43.5 Å². The number of halogens is 1. The summed E-state index contributed by atoms with van der Waals surface area (Å²) >= 11 is 1.51. The first-order valence-corrected chi connectivity index (χ1v) is 10.6. The van der Waals surface area contributed by atoms with E-state index >= 15 is 0 Å². The van der Waals surface area contributed by atoms with Crippen LogP contribution in [0.3, 0.4) is 0 Å². The smallest absolute Gasteiger partial charge is 0.224 e. The van der Waals surface area contributed by atoms with Gasteiger partial charge in [0.1, 0.15) is 5.82 Å². The van der Waals surface area contributed by atoms with E-state index in [1.165, 1.54) is 23.5 Å². The molecule has 1 aliphatic heterocycles. The zero-order valence-electron chi connectivity index (χ0n) is 16.3. The molecule has 0 aliphatic carbocycles. The summed E-state index contributed by atoms with van der Waals surface area (Å²) in [7, 11) is 1.66. The molecule has 0 saturated carbocycles. The standard InChI is InChI=1S/C20H24FN5O2S/c1-28-11-3-9-22-18(27)15-4-2-10-25(12-15)20-24-26-13-17(23-19(26)29-20)14-5-7-16(21)8-6-14/h5-8,13,15H,2-4,9-12H2,1H3,(H,22,27)/t15-/m1/s1. The van der Waals surface area contributed by atoms with Gasteiger partial charge in [-0.3, -0.25) is 4.79 Å². The fourth-order valence-corrected chi connectivity index (χ4v) is 4.43. The van der Waals surface area contributed by atoms with Crippen LogP contribution in [0.25, 0.3) is 16.2 Å². The van der Waals surface area contributed by atoms with E-state index in [0.717, 1.165) is 47.2 Å². The number of piperidine rings is 1. The van der Waals surface area contributed by atoms with E-state index in [2.05, 4.69) is 20.3 Å². The van der Waals surface area contributed by atoms with Crippen molar-refractivity contribution in [2.45, 2.75) is 19.3 Å². The first-order chi connectivity index (χ1) is 14.1. The highest BCUT2D eigenvalue weighted by atomic mass is 32.1. The lowest BCUT2D eigenvalue weighted by Gasteiger charge is -2.31. The SMILES string of the molecule is COCCCNC(=O)[C@@H]1CCCN(c2nn3cc(-c4ccc(F)cc4)nc3s2)C1. The van der Waals surface area contributed by atoms with Crippen molar-refractivity contribution in [1.82, 2.24) is 19.9 Å². The first-order valence-electron chi connectivity index (χ1n) is 9.78. The number of nitrogens with zero attached hydrogens (tertiary/aromatic N) is 4. The van der Waals surface area contributed by atoms with Crippen LogP contribution in [0.1, 0.15) is 19.3 Å². The molecular formula is C20H24FN5O2S. The van der Waals surface area contributed by atoms with E-state index in [9.17, 15) is 9.18 Å². The van der Waals surface area contributed by atoms with Crippen LogP contribution >= 0.6 is 11.3 Å². The van der Waals surface area contributed by atoms with Gasteiger partial charge in [0.05, 0.1) is 17.8 Å². The third kappa shape index (κ3) is 4.56. The summed E-state index contributed by atoms with van der Waals surface area (Å²) in [4.78, 5) is 20.0. The topological polar surface area (TPSA) is 71.8 Å². The van der Waals surface area contributed by atoms with Crippen LogP contribution in [-0.4, -0.2) is 53.9 Å². The number of carbonyl (C=O) groups is 1. The molecule has 1 saturated heterocycles. The minimum absolute atomic E-state index is 0.0303. The molecule has 0 bridgehead atoms. The highest BCUT2D eigenvalue weighted by molar-refractivity contribution is 7.20. The average molecular weight is 418 g/mol. The summed E-state index contributed by atoms with van der Waals surface area (Å²) in [6.45, 7) is 2.84. The van der Waals surface area contributed by atoms with Gasteiger partial charge in [-0.2, -0.15) is 0 Å². The van der Waals surface area contributed by atoms with E-state index < -0.39 is 0 Å². The van der Waals surface area contributed by atoms with Crippen LogP contribution < -0.4 is 10.2 Å². The summed E-state index contributed by atoms with van der Waals surface area (Å²) in [6.07, 6.45) is 4.52. The minimum Gasteiger partial charge on any atom is -0.385 e. The number of nitrogens with one attached hydrogen (secondary N) is 1. The molecule has 2 aromatic heterocycles. The fourth-order valence-electron chi connectivity index (χ4n) is 3.51. The summed E-state index contributed by atoms with van der Waals surface area (Å²) in [5, 5.41) is 8.53. The second kappa shape index (κ2) is 8.87. The number of anilines is 1. The van der Waals surface area contributed by atoms with E-state index in [4.69, 9.17) is 4.74 Å². The number of aromatic nitrogens is 3. The lowest BCUT2D eigenvalue weighted by Crippen LogP contribution is -2.43. The number of rotatable bonds is 7. The van der Waals surface area contributed by atoms with Crippen molar-refractivity contribution in [3.05, 3.63) is 36.3 Å². The highest BCUT2D eigenvalue weighted by Crippen LogP contribution is 2.29. The fraction of sp³-hybridized carbons (Fsp3) is 0.450. The number of hydrogen-bond acceptors (Lipinski definition) is 6. The number of amides is 1. The van der Waals surface area contributed by atoms with Crippen LogP contribution in [0.15, 0.2) is 30.5 Å². The molecule has 0 unspecified atom stereocenters. The molecular weight excluding hydrogens is 393 g/mol. The van der Waals surface area contributed by atoms with Gasteiger partial charge in [-0.15, -0.1) is 5.10 Å². The molecule has 4 rings (SSSR count). The van der Waals surface area contributed by atoms with Gasteiger partial charge in [0.2, 0.25) is 16.0 Å². The number of ether oxygens (including phenoxy) is 1. The first kappa shape index (κ1) is 19.8. The van der Waals surface area contributed by atoms with Crippen molar-refractivity contribution in [1.29, 1.82) is 0 Å². The molecule has 7 nitrogen and oxygen atoms in total. The zero-order valence-corrected chi connectivity index (χ0v) is 17.1. The quantitative estimate of drug-likeness (QED) is 0.599. The number of fused-ring (bicyclic) bond motifs is 1. The predicted octanol–water partition coefficient (Wildman–Crippen LogP) is 2.97. The lowest BCUT2D eigenvalue weighted by atomic mass is 9.97. The molecule has 1 atom stereocenters. The molecule has 3 aromatic rings.